The Bertz CT molecular complexity index is 1030. The summed E-state index contributed by atoms with van der Waals surface area (Å²) in [5, 5.41) is 8.40. The Balaban J connectivity index is 1.50. The third-order valence-corrected chi connectivity index (χ3v) is 5.61. The van der Waals surface area contributed by atoms with Crippen LogP contribution in [-0.4, -0.2) is 24.6 Å². The average Bonchev–Trinajstić information content (AvgIpc) is 3.20. The highest BCUT2D eigenvalue weighted by atomic mass is 32.2. The SMILES string of the molecule is Cc1ccc(-c2nc(CSc3nc4nc(C)cc(C)n4n3)cs2)cc1. The first-order chi connectivity index (χ1) is 12.1. The van der Waals surface area contributed by atoms with E-state index in [0.29, 0.717) is 5.78 Å². The largest absolute Gasteiger partial charge is 0.253 e. The standard InChI is InChI=1S/C18H17N5S2/c1-11-4-6-14(7-5-11)16-20-15(9-24-16)10-25-18-21-17-19-12(2)8-13(3)23(17)22-18/h4-9H,10H2,1-3H3. The molecular formula is C18H17N5S2. The third-order valence-electron chi connectivity index (χ3n) is 3.80. The molecule has 0 saturated heterocycles. The normalized spacial score (nSPS) is 11.3. The number of benzene rings is 1. The summed E-state index contributed by atoms with van der Waals surface area (Å²) >= 11 is 3.26. The number of hydrogen-bond acceptors (Lipinski definition) is 6. The van der Waals surface area contributed by atoms with Crippen LogP contribution in [0.4, 0.5) is 0 Å². The fourth-order valence-corrected chi connectivity index (χ4v) is 4.19. The summed E-state index contributed by atoms with van der Waals surface area (Å²) in [5.74, 6) is 1.40. The molecule has 0 atom stereocenters. The van der Waals surface area contributed by atoms with E-state index in [1.165, 1.54) is 5.56 Å². The lowest BCUT2D eigenvalue weighted by Crippen LogP contribution is -1.97. The fourth-order valence-electron chi connectivity index (χ4n) is 2.55. The average molecular weight is 368 g/mol. The summed E-state index contributed by atoms with van der Waals surface area (Å²) in [6.45, 7) is 6.07. The number of nitrogens with zero attached hydrogens (tertiary/aromatic N) is 5. The van der Waals surface area contributed by atoms with E-state index in [0.717, 1.165) is 38.6 Å². The number of aryl methyl sites for hydroxylation is 3. The highest BCUT2D eigenvalue weighted by Crippen LogP contribution is 2.27. The Labute approximate surface area is 154 Å². The summed E-state index contributed by atoms with van der Waals surface area (Å²) in [6, 6.07) is 10.5. The third kappa shape index (κ3) is 3.43. The van der Waals surface area contributed by atoms with Gasteiger partial charge in [0.2, 0.25) is 5.16 Å². The smallest absolute Gasteiger partial charge is 0.240 e. The first kappa shape index (κ1) is 16.2. The first-order valence-corrected chi connectivity index (χ1v) is 9.80. The second-order valence-electron chi connectivity index (χ2n) is 5.94. The molecule has 25 heavy (non-hydrogen) atoms. The van der Waals surface area contributed by atoms with Gasteiger partial charge in [-0.15, -0.1) is 16.4 Å². The van der Waals surface area contributed by atoms with E-state index in [4.69, 9.17) is 4.98 Å². The van der Waals surface area contributed by atoms with Gasteiger partial charge in [0.05, 0.1) is 5.69 Å². The summed E-state index contributed by atoms with van der Waals surface area (Å²) in [4.78, 5) is 13.7. The molecule has 7 heteroatoms. The van der Waals surface area contributed by atoms with Gasteiger partial charge >= 0.3 is 0 Å². The maximum Gasteiger partial charge on any atom is 0.253 e. The number of aromatic nitrogens is 5. The quantitative estimate of drug-likeness (QED) is 0.498. The molecular weight excluding hydrogens is 350 g/mol. The summed E-state index contributed by atoms with van der Waals surface area (Å²) < 4.78 is 1.79. The fraction of sp³-hybridized carbons (Fsp3) is 0.222. The Hall–Kier alpha value is -2.25. The van der Waals surface area contributed by atoms with E-state index < -0.39 is 0 Å². The molecule has 4 rings (SSSR count). The molecule has 0 spiro atoms. The molecule has 0 bridgehead atoms. The molecule has 3 aromatic heterocycles. The number of thioether (sulfide) groups is 1. The Morgan fingerprint density at radius 1 is 1.04 bits per heavy atom. The Kier molecular flexibility index (Phi) is 4.27. The zero-order chi connectivity index (χ0) is 17.4. The molecule has 0 amide bonds. The lowest BCUT2D eigenvalue weighted by atomic mass is 10.2. The van der Waals surface area contributed by atoms with Crippen LogP contribution in [0.3, 0.4) is 0 Å². The molecule has 0 aliphatic heterocycles. The molecule has 5 nitrogen and oxygen atoms in total. The maximum atomic E-state index is 4.73. The molecule has 1 aromatic carbocycles. The van der Waals surface area contributed by atoms with Crippen LogP contribution in [0.5, 0.6) is 0 Å². The minimum absolute atomic E-state index is 0.652. The van der Waals surface area contributed by atoms with Crippen LogP contribution in [0.2, 0.25) is 0 Å². The van der Waals surface area contributed by atoms with E-state index in [1.54, 1.807) is 27.6 Å². The van der Waals surface area contributed by atoms with E-state index in [9.17, 15) is 0 Å². The van der Waals surface area contributed by atoms with Crippen molar-refractivity contribution >= 4 is 28.9 Å². The van der Waals surface area contributed by atoms with Gasteiger partial charge in [-0.25, -0.2) is 14.5 Å². The van der Waals surface area contributed by atoms with Gasteiger partial charge in [0.25, 0.3) is 5.78 Å². The highest BCUT2D eigenvalue weighted by Gasteiger charge is 2.10. The molecule has 126 valence electrons. The predicted octanol–water partition coefficient (Wildman–Crippen LogP) is 4.47. The zero-order valence-electron chi connectivity index (χ0n) is 14.2. The van der Waals surface area contributed by atoms with Crippen LogP contribution < -0.4 is 0 Å². The van der Waals surface area contributed by atoms with Crippen LogP contribution in [0.25, 0.3) is 16.3 Å². The van der Waals surface area contributed by atoms with Gasteiger partial charge in [0, 0.05) is 28.1 Å². The summed E-state index contributed by atoms with van der Waals surface area (Å²) in [6.07, 6.45) is 0. The van der Waals surface area contributed by atoms with Crippen LogP contribution in [0.15, 0.2) is 40.9 Å². The molecule has 0 fully saturated rings. The van der Waals surface area contributed by atoms with Gasteiger partial charge in [-0.1, -0.05) is 41.6 Å². The van der Waals surface area contributed by atoms with E-state index in [-0.39, 0.29) is 0 Å². The van der Waals surface area contributed by atoms with Crippen LogP contribution in [0, 0.1) is 20.8 Å². The Morgan fingerprint density at radius 2 is 1.84 bits per heavy atom. The lowest BCUT2D eigenvalue weighted by Gasteiger charge is -1.97. The second kappa shape index (κ2) is 6.57. The molecule has 3 heterocycles. The van der Waals surface area contributed by atoms with Crippen molar-refractivity contribution in [3.05, 3.63) is 58.4 Å². The molecule has 0 N–H and O–H groups in total. The number of rotatable bonds is 4. The van der Waals surface area contributed by atoms with Crippen molar-refractivity contribution in [1.29, 1.82) is 0 Å². The van der Waals surface area contributed by atoms with Crippen molar-refractivity contribution in [2.75, 3.05) is 0 Å². The zero-order valence-corrected chi connectivity index (χ0v) is 15.9. The van der Waals surface area contributed by atoms with Gasteiger partial charge in [0.1, 0.15) is 5.01 Å². The summed E-state index contributed by atoms with van der Waals surface area (Å²) in [5.41, 5.74) is 5.46. The highest BCUT2D eigenvalue weighted by molar-refractivity contribution is 7.98. The van der Waals surface area contributed by atoms with E-state index in [2.05, 4.69) is 51.6 Å². The van der Waals surface area contributed by atoms with Gasteiger partial charge in [-0.3, -0.25) is 0 Å². The topological polar surface area (TPSA) is 56.0 Å². The van der Waals surface area contributed by atoms with Crippen molar-refractivity contribution in [2.45, 2.75) is 31.7 Å². The van der Waals surface area contributed by atoms with Gasteiger partial charge in [-0.05, 0) is 26.8 Å². The number of hydrogen-bond donors (Lipinski definition) is 0. The first-order valence-electron chi connectivity index (χ1n) is 7.94. The van der Waals surface area contributed by atoms with Crippen LogP contribution in [0.1, 0.15) is 22.6 Å². The number of fused-ring (bicyclic) bond motifs is 1. The van der Waals surface area contributed by atoms with Crippen LogP contribution >= 0.6 is 23.1 Å². The molecule has 0 radical (unpaired) electrons. The minimum atomic E-state index is 0.652. The van der Waals surface area contributed by atoms with Gasteiger partial charge in [-0.2, -0.15) is 4.98 Å². The van der Waals surface area contributed by atoms with Crippen LogP contribution in [-0.2, 0) is 5.75 Å². The monoisotopic (exact) mass is 367 g/mol. The maximum absolute atomic E-state index is 4.73. The van der Waals surface area contributed by atoms with Gasteiger partial charge in [0.15, 0.2) is 0 Å². The second-order valence-corrected chi connectivity index (χ2v) is 7.74. The van der Waals surface area contributed by atoms with Crippen molar-refractivity contribution in [3.63, 3.8) is 0 Å². The molecule has 0 unspecified atom stereocenters. The summed E-state index contributed by atoms with van der Waals surface area (Å²) in [7, 11) is 0. The Morgan fingerprint density at radius 3 is 2.64 bits per heavy atom. The lowest BCUT2D eigenvalue weighted by molar-refractivity contribution is 0.843. The molecule has 0 aliphatic carbocycles. The van der Waals surface area contributed by atoms with Crippen molar-refractivity contribution < 1.29 is 0 Å². The molecule has 0 saturated carbocycles. The van der Waals surface area contributed by atoms with Crippen molar-refractivity contribution in [3.8, 4) is 10.6 Å². The van der Waals surface area contributed by atoms with E-state index in [1.807, 2.05) is 19.9 Å². The van der Waals surface area contributed by atoms with Crippen molar-refractivity contribution in [2.24, 2.45) is 0 Å². The van der Waals surface area contributed by atoms with Crippen molar-refractivity contribution in [1.82, 2.24) is 24.6 Å². The molecule has 4 aromatic rings. The van der Waals surface area contributed by atoms with Gasteiger partial charge < -0.3 is 0 Å². The number of thiazole rings is 1. The van der Waals surface area contributed by atoms with E-state index >= 15 is 0 Å². The minimum Gasteiger partial charge on any atom is -0.240 e. The predicted molar refractivity (Wildman–Crippen MR) is 102 cm³/mol. The molecule has 0 aliphatic rings.